The zero-order valence-electron chi connectivity index (χ0n) is 12.7. The van der Waals surface area contributed by atoms with Crippen LogP contribution in [0.15, 0.2) is 5.38 Å². The van der Waals surface area contributed by atoms with Gasteiger partial charge < -0.3 is 15.3 Å². The van der Waals surface area contributed by atoms with E-state index in [1.165, 1.54) is 11.3 Å². The number of nitrogens with one attached hydrogen (secondary N) is 1. The standard InChI is InChI=1S/C15H21N3O3S/c1-10-4-2-7-18(10)14(20)11-8-22-13(17-11)12(19)16-9-15(21)5-3-6-15/h8,10,21H,2-7,9H2,1H3,(H,16,19). The zero-order chi connectivity index (χ0) is 15.7. The van der Waals surface area contributed by atoms with Crippen molar-refractivity contribution in [2.45, 2.75) is 50.7 Å². The monoisotopic (exact) mass is 323 g/mol. The van der Waals surface area contributed by atoms with Crippen molar-refractivity contribution in [3.8, 4) is 0 Å². The van der Waals surface area contributed by atoms with Gasteiger partial charge in [0.25, 0.3) is 11.8 Å². The van der Waals surface area contributed by atoms with Crippen molar-refractivity contribution in [3.05, 3.63) is 16.1 Å². The van der Waals surface area contributed by atoms with Gasteiger partial charge in [-0.05, 0) is 39.0 Å². The number of likely N-dealkylation sites (tertiary alicyclic amines) is 1. The second-order valence-electron chi connectivity index (χ2n) is 6.29. The number of aliphatic hydroxyl groups is 1. The molecule has 22 heavy (non-hydrogen) atoms. The molecule has 2 amide bonds. The highest BCUT2D eigenvalue weighted by Crippen LogP contribution is 2.30. The molecule has 1 aromatic rings. The highest BCUT2D eigenvalue weighted by molar-refractivity contribution is 7.11. The summed E-state index contributed by atoms with van der Waals surface area (Å²) in [6.07, 6.45) is 4.48. The quantitative estimate of drug-likeness (QED) is 0.878. The second-order valence-corrected chi connectivity index (χ2v) is 7.15. The van der Waals surface area contributed by atoms with Gasteiger partial charge in [0.05, 0.1) is 5.60 Å². The van der Waals surface area contributed by atoms with Crippen molar-refractivity contribution in [2.75, 3.05) is 13.1 Å². The van der Waals surface area contributed by atoms with E-state index in [2.05, 4.69) is 10.3 Å². The van der Waals surface area contributed by atoms with E-state index in [0.717, 1.165) is 38.6 Å². The average molecular weight is 323 g/mol. The molecule has 120 valence electrons. The summed E-state index contributed by atoms with van der Waals surface area (Å²) < 4.78 is 0. The first-order chi connectivity index (χ1) is 10.5. The van der Waals surface area contributed by atoms with Crippen LogP contribution in [-0.4, -0.2) is 51.5 Å². The van der Waals surface area contributed by atoms with Gasteiger partial charge in [-0.2, -0.15) is 0 Å². The fourth-order valence-corrected chi connectivity index (χ4v) is 3.65. The summed E-state index contributed by atoms with van der Waals surface area (Å²) in [5, 5.41) is 14.6. The molecule has 0 radical (unpaired) electrons. The summed E-state index contributed by atoms with van der Waals surface area (Å²) in [6, 6.07) is 0.236. The van der Waals surface area contributed by atoms with Crippen molar-refractivity contribution in [1.29, 1.82) is 0 Å². The average Bonchev–Trinajstić information content (AvgIpc) is 3.11. The van der Waals surface area contributed by atoms with Crippen LogP contribution in [0.1, 0.15) is 59.3 Å². The minimum atomic E-state index is -0.753. The summed E-state index contributed by atoms with van der Waals surface area (Å²) in [6.45, 7) is 3.04. The van der Waals surface area contributed by atoms with Crippen molar-refractivity contribution < 1.29 is 14.7 Å². The van der Waals surface area contributed by atoms with Crippen LogP contribution in [0.25, 0.3) is 0 Å². The number of carbonyl (C=O) groups excluding carboxylic acids is 2. The molecule has 0 bridgehead atoms. The Balaban J connectivity index is 1.60. The Morgan fingerprint density at radius 2 is 2.27 bits per heavy atom. The normalized spacial score (nSPS) is 23.2. The third kappa shape index (κ3) is 3.01. The molecule has 1 atom stereocenters. The van der Waals surface area contributed by atoms with E-state index in [1.54, 1.807) is 5.38 Å². The number of thiazole rings is 1. The van der Waals surface area contributed by atoms with E-state index in [-0.39, 0.29) is 29.4 Å². The lowest BCUT2D eigenvalue weighted by molar-refractivity contribution is -0.0300. The molecule has 6 nitrogen and oxygen atoms in total. The third-order valence-corrected chi connectivity index (χ3v) is 5.43. The van der Waals surface area contributed by atoms with Gasteiger partial charge in [0, 0.05) is 24.5 Å². The Hall–Kier alpha value is -1.47. The molecule has 1 unspecified atom stereocenters. The molecule has 0 aromatic carbocycles. The van der Waals surface area contributed by atoms with E-state index in [9.17, 15) is 14.7 Å². The maximum absolute atomic E-state index is 12.4. The number of amides is 2. The largest absolute Gasteiger partial charge is 0.388 e. The Morgan fingerprint density at radius 3 is 2.86 bits per heavy atom. The first-order valence-electron chi connectivity index (χ1n) is 7.76. The molecule has 7 heteroatoms. The van der Waals surface area contributed by atoms with Crippen LogP contribution in [0.2, 0.25) is 0 Å². The van der Waals surface area contributed by atoms with E-state index < -0.39 is 5.60 Å². The molecular formula is C15H21N3O3S. The molecule has 1 aliphatic heterocycles. The smallest absolute Gasteiger partial charge is 0.280 e. The molecule has 2 aliphatic rings. The molecule has 1 aliphatic carbocycles. The Morgan fingerprint density at radius 1 is 1.50 bits per heavy atom. The number of aromatic nitrogens is 1. The summed E-state index contributed by atoms with van der Waals surface area (Å²) >= 11 is 1.17. The topological polar surface area (TPSA) is 82.5 Å². The van der Waals surface area contributed by atoms with Crippen LogP contribution in [0.5, 0.6) is 0 Å². The highest BCUT2D eigenvalue weighted by Gasteiger charge is 2.35. The van der Waals surface area contributed by atoms with Crippen LogP contribution >= 0.6 is 11.3 Å². The molecule has 1 aromatic heterocycles. The van der Waals surface area contributed by atoms with Gasteiger partial charge in [-0.1, -0.05) is 0 Å². The van der Waals surface area contributed by atoms with Gasteiger partial charge in [-0.25, -0.2) is 4.98 Å². The van der Waals surface area contributed by atoms with Gasteiger partial charge in [-0.3, -0.25) is 9.59 Å². The van der Waals surface area contributed by atoms with Crippen LogP contribution in [0.4, 0.5) is 0 Å². The lowest BCUT2D eigenvalue weighted by atomic mass is 9.80. The molecule has 1 saturated heterocycles. The summed E-state index contributed by atoms with van der Waals surface area (Å²) in [5.41, 5.74) is -0.414. The summed E-state index contributed by atoms with van der Waals surface area (Å²) in [4.78, 5) is 30.4. The molecule has 2 heterocycles. The van der Waals surface area contributed by atoms with Gasteiger partial charge in [0.2, 0.25) is 0 Å². The number of hydrogen-bond donors (Lipinski definition) is 2. The third-order valence-electron chi connectivity index (χ3n) is 4.59. The Bertz CT molecular complexity index is 582. The number of rotatable bonds is 4. The lowest BCUT2D eigenvalue weighted by Crippen LogP contribution is -2.47. The van der Waals surface area contributed by atoms with E-state index in [4.69, 9.17) is 0 Å². The fourth-order valence-electron chi connectivity index (χ4n) is 2.94. The van der Waals surface area contributed by atoms with Crippen molar-refractivity contribution >= 4 is 23.2 Å². The minimum Gasteiger partial charge on any atom is -0.388 e. The van der Waals surface area contributed by atoms with E-state index in [1.807, 2.05) is 11.8 Å². The van der Waals surface area contributed by atoms with E-state index in [0.29, 0.717) is 5.69 Å². The van der Waals surface area contributed by atoms with Crippen molar-refractivity contribution in [1.82, 2.24) is 15.2 Å². The van der Waals surface area contributed by atoms with Gasteiger partial charge in [-0.15, -0.1) is 11.3 Å². The van der Waals surface area contributed by atoms with E-state index >= 15 is 0 Å². The molecule has 2 fully saturated rings. The van der Waals surface area contributed by atoms with Gasteiger partial charge >= 0.3 is 0 Å². The van der Waals surface area contributed by atoms with Crippen LogP contribution < -0.4 is 5.32 Å². The van der Waals surface area contributed by atoms with Crippen LogP contribution in [0.3, 0.4) is 0 Å². The predicted molar refractivity (Wildman–Crippen MR) is 83.0 cm³/mol. The number of hydrogen-bond acceptors (Lipinski definition) is 5. The van der Waals surface area contributed by atoms with Crippen molar-refractivity contribution in [3.63, 3.8) is 0 Å². The van der Waals surface area contributed by atoms with Gasteiger partial charge in [0.1, 0.15) is 5.69 Å². The fraction of sp³-hybridized carbons (Fsp3) is 0.667. The number of nitrogens with zero attached hydrogens (tertiary/aromatic N) is 2. The van der Waals surface area contributed by atoms with Crippen LogP contribution in [-0.2, 0) is 0 Å². The molecule has 0 spiro atoms. The summed E-state index contributed by atoms with van der Waals surface area (Å²) in [5.74, 6) is -0.420. The van der Waals surface area contributed by atoms with Gasteiger partial charge in [0.15, 0.2) is 5.01 Å². The SMILES string of the molecule is CC1CCCN1C(=O)c1csc(C(=O)NCC2(O)CCC2)n1. The molecule has 1 saturated carbocycles. The van der Waals surface area contributed by atoms with Crippen LogP contribution in [0, 0.1) is 0 Å². The maximum atomic E-state index is 12.4. The minimum absolute atomic E-state index is 0.0991. The first-order valence-corrected chi connectivity index (χ1v) is 8.64. The predicted octanol–water partition coefficient (Wildman–Crippen LogP) is 1.41. The lowest BCUT2D eigenvalue weighted by Gasteiger charge is -2.36. The molecular weight excluding hydrogens is 302 g/mol. The Labute approximate surface area is 133 Å². The van der Waals surface area contributed by atoms with Crippen molar-refractivity contribution in [2.24, 2.45) is 0 Å². The number of carbonyl (C=O) groups is 2. The summed E-state index contributed by atoms with van der Waals surface area (Å²) in [7, 11) is 0. The second kappa shape index (κ2) is 5.96. The molecule has 2 N–H and O–H groups in total. The maximum Gasteiger partial charge on any atom is 0.280 e. The first kappa shape index (κ1) is 15.4. The highest BCUT2D eigenvalue weighted by atomic mass is 32.1. The zero-order valence-corrected chi connectivity index (χ0v) is 13.5. The Kier molecular flexibility index (Phi) is 4.18. The molecule has 3 rings (SSSR count).